The van der Waals surface area contributed by atoms with Gasteiger partial charge in [0, 0.05) is 19.3 Å². The average Bonchev–Trinajstić information content (AvgIpc) is 2.39. The number of nitrogens with one attached hydrogen (secondary N) is 1. The number of esters is 1. The molecule has 6 nitrogen and oxygen atoms in total. The summed E-state index contributed by atoms with van der Waals surface area (Å²) in [5.41, 5.74) is 6.06. The zero-order valence-corrected chi connectivity index (χ0v) is 11.2. The maximum Gasteiger partial charge on any atom is 0.340 e. The molecule has 0 bridgehead atoms. The maximum atomic E-state index is 11.7. The van der Waals surface area contributed by atoms with Crippen LogP contribution in [-0.4, -0.2) is 38.7 Å². The number of rotatable bonds is 6. The van der Waals surface area contributed by atoms with E-state index in [2.05, 4.69) is 5.32 Å². The summed E-state index contributed by atoms with van der Waals surface area (Å²) in [7, 11) is 1.52. The van der Waals surface area contributed by atoms with Crippen molar-refractivity contribution in [2.45, 2.75) is 0 Å². The lowest BCUT2D eigenvalue weighted by molar-refractivity contribution is -0.124. The highest BCUT2D eigenvalue weighted by Crippen LogP contribution is 2.19. The van der Waals surface area contributed by atoms with Crippen molar-refractivity contribution in [1.82, 2.24) is 5.32 Å². The first kappa shape index (κ1) is 15.3. The molecule has 0 aromatic heterocycles. The number of ether oxygens (including phenoxy) is 2. The van der Waals surface area contributed by atoms with Crippen molar-refractivity contribution in [3.63, 3.8) is 0 Å². The molecule has 1 amide bonds. The molecule has 0 fully saturated rings. The van der Waals surface area contributed by atoms with Crippen LogP contribution in [0.1, 0.15) is 10.4 Å². The molecular formula is C12H15ClN2O4. The molecule has 0 heterocycles. The highest BCUT2D eigenvalue weighted by atomic mass is 35.5. The van der Waals surface area contributed by atoms with E-state index >= 15 is 0 Å². The lowest BCUT2D eigenvalue weighted by atomic mass is 10.2. The summed E-state index contributed by atoms with van der Waals surface area (Å²) in [5, 5.41) is 2.74. The van der Waals surface area contributed by atoms with Crippen LogP contribution in [0.4, 0.5) is 5.69 Å². The van der Waals surface area contributed by atoms with E-state index in [0.717, 1.165) is 0 Å². The van der Waals surface area contributed by atoms with E-state index in [1.807, 2.05) is 0 Å². The van der Waals surface area contributed by atoms with Crippen LogP contribution in [0.2, 0.25) is 5.02 Å². The second kappa shape index (κ2) is 7.60. The van der Waals surface area contributed by atoms with Gasteiger partial charge in [-0.2, -0.15) is 0 Å². The summed E-state index contributed by atoms with van der Waals surface area (Å²) < 4.78 is 9.59. The van der Waals surface area contributed by atoms with Crippen molar-refractivity contribution >= 4 is 29.2 Å². The zero-order chi connectivity index (χ0) is 14.3. The highest BCUT2D eigenvalue weighted by Gasteiger charge is 2.13. The topological polar surface area (TPSA) is 90.6 Å². The molecule has 7 heteroatoms. The standard InChI is InChI=1S/C12H15ClN2O4/c1-18-5-4-15-11(16)7-19-12(17)9-6-8(14)2-3-10(9)13/h2-3,6H,4-5,7,14H2,1H3,(H,15,16). The molecule has 0 saturated carbocycles. The Hall–Kier alpha value is -1.79. The SMILES string of the molecule is COCCNC(=O)COC(=O)c1cc(N)ccc1Cl. The minimum Gasteiger partial charge on any atom is -0.452 e. The first-order valence-corrected chi connectivity index (χ1v) is 5.90. The largest absolute Gasteiger partial charge is 0.452 e. The molecular weight excluding hydrogens is 272 g/mol. The Morgan fingerprint density at radius 1 is 1.42 bits per heavy atom. The van der Waals surface area contributed by atoms with Gasteiger partial charge in [0.15, 0.2) is 6.61 Å². The highest BCUT2D eigenvalue weighted by molar-refractivity contribution is 6.33. The summed E-state index contributed by atoms with van der Waals surface area (Å²) in [6.45, 7) is 0.361. The second-order valence-corrected chi connectivity index (χ2v) is 4.07. The number of halogens is 1. The van der Waals surface area contributed by atoms with Gasteiger partial charge in [0.2, 0.25) is 0 Å². The van der Waals surface area contributed by atoms with Crippen molar-refractivity contribution in [1.29, 1.82) is 0 Å². The van der Waals surface area contributed by atoms with Gasteiger partial charge >= 0.3 is 5.97 Å². The van der Waals surface area contributed by atoms with Gasteiger partial charge in [0.05, 0.1) is 17.2 Å². The third kappa shape index (κ3) is 5.15. The number of carbonyl (C=O) groups excluding carboxylic acids is 2. The van der Waals surface area contributed by atoms with Gasteiger partial charge in [0.1, 0.15) is 0 Å². The van der Waals surface area contributed by atoms with E-state index in [1.54, 1.807) is 6.07 Å². The van der Waals surface area contributed by atoms with Crippen LogP contribution >= 0.6 is 11.6 Å². The summed E-state index contributed by atoms with van der Waals surface area (Å²) in [5.74, 6) is -1.11. The number of carbonyl (C=O) groups is 2. The van der Waals surface area contributed by atoms with Crippen molar-refractivity contribution < 1.29 is 19.1 Å². The van der Waals surface area contributed by atoms with Crippen molar-refractivity contribution in [3.8, 4) is 0 Å². The number of benzene rings is 1. The average molecular weight is 287 g/mol. The molecule has 0 aliphatic rings. The fourth-order valence-electron chi connectivity index (χ4n) is 1.25. The fraction of sp³-hybridized carbons (Fsp3) is 0.333. The number of hydrogen-bond donors (Lipinski definition) is 2. The number of methoxy groups -OCH3 is 1. The predicted octanol–water partition coefficient (Wildman–Crippen LogP) is 0.842. The maximum absolute atomic E-state index is 11.7. The molecule has 0 aliphatic carbocycles. The molecule has 1 aromatic rings. The van der Waals surface area contributed by atoms with Crippen LogP contribution in [0.15, 0.2) is 18.2 Å². The Morgan fingerprint density at radius 3 is 2.84 bits per heavy atom. The zero-order valence-electron chi connectivity index (χ0n) is 10.4. The lowest BCUT2D eigenvalue weighted by Crippen LogP contribution is -2.31. The predicted molar refractivity (Wildman–Crippen MR) is 71.0 cm³/mol. The Balaban J connectivity index is 2.47. The minimum absolute atomic E-state index is 0.131. The Bertz CT molecular complexity index is 465. The van der Waals surface area contributed by atoms with E-state index in [4.69, 9.17) is 26.8 Å². The number of nitrogen functional groups attached to an aromatic ring is 1. The van der Waals surface area contributed by atoms with Gasteiger partial charge in [-0.15, -0.1) is 0 Å². The summed E-state index contributed by atoms with van der Waals surface area (Å²) in [4.78, 5) is 23.0. The van der Waals surface area contributed by atoms with E-state index in [9.17, 15) is 9.59 Å². The molecule has 0 spiro atoms. The van der Waals surface area contributed by atoms with Crippen molar-refractivity contribution in [3.05, 3.63) is 28.8 Å². The second-order valence-electron chi connectivity index (χ2n) is 3.66. The van der Waals surface area contributed by atoms with Crippen molar-refractivity contribution in [2.24, 2.45) is 0 Å². The molecule has 0 unspecified atom stereocenters. The lowest BCUT2D eigenvalue weighted by Gasteiger charge is -2.07. The van der Waals surface area contributed by atoms with Gasteiger partial charge in [-0.3, -0.25) is 4.79 Å². The van der Waals surface area contributed by atoms with Gasteiger partial charge in [-0.1, -0.05) is 11.6 Å². The summed E-state index contributed by atoms with van der Waals surface area (Å²) in [6, 6.07) is 4.45. The fourth-order valence-corrected chi connectivity index (χ4v) is 1.45. The monoisotopic (exact) mass is 286 g/mol. The van der Waals surface area contributed by atoms with Gasteiger partial charge in [-0.25, -0.2) is 4.79 Å². The Labute approximate surface area is 115 Å². The van der Waals surface area contributed by atoms with Gasteiger partial charge < -0.3 is 20.5 Å². The number of anilines is 1. The Morgan fingerprint density at radius 2 is 2.16 bits per heavy atom. The van der Waals surface area contributed by atoms with E-state index in [0.29, 0.717) is 18.8 Å². The van der Waals surface area contributed by atoms with E-state index in [-0.39, 0.29) is 17.2 Å². The summed E-state index contributed by atoms with van der Waals surface area (Å²) >= 11 is 5.84. The molecule has 0 aliphatic heterocycles. The third-order valence-electron chi connectivity index (χ3n) is 2.17. The van der Waals surface area contributed by atoms with E-state index < -0.39 is 11.9 Å². The molecule has 3 N–H and O–H groups in total. The van der Waals surface area contributed by atoms with Crippen LogP contribution in [0.3, 0.4) is 0 Å². The van der Waals surface area contributed by atoms with Gasteiger partial charge in [-0.05, 0) is 18.2 Å². The number of amides is 1. The normalized spacial score (nSPS) is 10.0. The first-order valence-electron chi connectivity index (χ1n) is 5.52. The van der Waals surface area contributed by atoms with Crippen molar-refractivity contribution in [2.75, 3.05) is 32.6 Å². The van der Waals surface area contributed by atoms with Crippen LogP contribution < -0.4 is 11.1 Å². The summed E-state index contributed by atoms with van der Waals surface area (Å²) in [6.07, 6.45) is 0. The van der Waals surface area contributed by atoms with Crippen LogP contribution in [-0.2, 0) is 14.3 Å². The Kier molecular flexibility index (Phi) is 6.11. The van der Waals surface area contributed by atoms with Crippen LogP contribution in [0.5, 0.6) is 0 Å². The molecule has 0 radical (unpaired) electrons. The molecule has 1 aromatic carbocycles. The van der Waals surface area contributed by atoms with Gasteiger partial charge in [0.25, 0.3) is 5.91 Å². The molecule has 1 rings (SSSR count). The number of hydrogen-bond acceptors (Lipinski definition) is 5. The first-order chi connectivity index (χ1) is 9.04. The molecule has 0 atom stereocenters. The smallest absolute Gasteiger partial charge is 0.340 e. The molecule has 104 valence electrons. The van der Waals surface area contributed by atoms with E-state index in [1.165, 1.54) is 19.2 Å². The quantitative estimate of drug-likeness (QED) is 0.459. The molecule has 19 heavy (non-hydrogen) atoms. The van der Waals surface area contributed by atoms with Crippen LogP contribution in [0, 0.1) is 0 Å². The minimum atomic E-state index is -0.695. The third-order valence-corrected chi connectivity index (χ3v) is 2.50. The van der Waals surface area contributed by atoms with Crippen LogP contribution in [0.25, 0.3) is 0 Å². The molecule has 0 saturated heterocycles. The number of nitrogens with two attached hydrogens (primary N) is 1.